The summed E-state index contributed by atoms with van der Waals surface area (Å²) >= 11 is 0. The van der Waals surface area contributed by atoms with Gasteiger partial charge in [0, 0.05) is 12.7 Å². The number of aliphatic hydroxyl groups is 1. The molecule has 0 atom stereocenters. The number of aryl methyl sites for hydroxylation is 1. The lowest BCUT2D eigenvalue weighted by atomic mass is 9.91. The van der Waals surface area contributed by atoms with Gasteiger partial charge < -0.3 is 20.3 Å². The number of β-amino-alcohol motifs (C(OH)–C–C–N with tert-alkyl or cyclic N) is 1. The van der Waals surface area contributed by atoms with Gasteiger partial charge in [0.05, 0.1) is 24.4 Å². The number of nitrogens with two attached hydrogens (primary N) is 1. The fourth-order valence-corrected chi connectivity index (χ4v) is 2.33. The van der Waals surface area contributed by atoms with Gasteiger partial charge in [0.1, 0.15) is 5.69 Å². The lowest BCUT2D eigenvalue weighted by Crippen LogP contribution is -2.63. The molecule has 1 aliphatic rings. The van der Waals surface area contributed by atoms with Crippen molar-refractivity contribution >= 4 is 11.6 Å². The van der Waals surface area contributed by atoms with Crippen LogP contribution in [0.5, 0.6) is 0 Å². The SMILES string of the molecule is CCCn1cc(N)cc1C(=O)N1CC(O)(CC)C1. The number of hydrogen-bond donors (Lipinski definition) is 2. The molecule has 2 rings (SSSR count). The molecular formula is C13H21N3O2. The second-order valence-corrected chi connectivity index (χ2v) is 5.09. The van der Waals surface area contributed by atoms with Gasteiger partial charge in [-0.15, -0.1) is 0 Å². The van der Waals surface area contributed by atoms with Crippen LogP contribution >= 0.6 is 0 Å². The van der Waals surface area contributed by atoms with Crippen molar-refractivity contribution in [1.82, 2.24) is 9.47 Å². The highest BCUT2D eigenvalue weighted by atomic mass is 16.3. The Bertz CT molecular complexity index is 447. The zero-order valence-corrected chi connectivity index (χ0v) is 11.0. The van der Waals surface area contributed by atoms with Crippen LogP contribution in [0.1, 0.15) is 37.2 Å². The van der Waals surface area contributed by atoms with E-state index >= 15 is 0 Å². The van der Waals surface area contributed by atoms with Gasteiger partial charge in [0.15, 0.2) is 0 Å². The first-order valence-corrected chi connectivity index (χ1v) is 6.46. The van der Waals surface area contributed by atoms with Crippen LogP contribution in [0.15, 0.2) is 12.3 Å². The molecule has 5 nitrogen and oxygen atoms in total. The fraction of sp³-hybridized carbons (Fsp3) is 0.615. The lowest BCUT2D eigenvalue weighted by molar-refractivity contribution is -0.0829. The first-order valence-electron chi connectivity index (χ1n) is 6.46. The molecule has 1 amide bonds. The quantitative estimate of drug-likeness (QED) is 0.841. The Kier molecular flexibility index (Phi) is 3.34. The molecule has 18 heavy (non-hydrogen) atoms. The van der Waals surface area contributed by atoms with Crippen LogP contribution in [0.25, 0.3) is 0 Å². The maximum Gasteiger partial charge on any atom is 0.270 e. The minimum atomic E-state index is -0.691. The number of carbonyl (C=O) groups excluding carboxylic acids is 1. The fourth-order valence-electron chi connectivity index (χ4n) is 2.33. The van der Waals surface area contributed by atoms with E-state index in [1.54, 1.807) is 17.2 Å². The molecule has 2 heterocycles. The zero-order valence-electron chi connectivity index (χ0n) is 11.0. The van der Waals surface area contributed by atoms with Crippen molar-refractivity contribution in [3.05, 3.63) is 18.0 Å². The summed E-state index contributed by atoms with van der Waals surface area (Å²) < 4.78 is 1.89. The number of anilines is 1. The summed E-state index contributed by atoms with van der Waals surface area (Å²) in [5.41, 5.74) is 6.28. The summed E-state index contributed by atoms with van der Waals surface area (Å²) in [6.45, 7) is 5.60. The van der Waals surface area contributed by atoms with Crippen molar-refractivity contribution < 1.29 is 9.90 Å². The summed E-state index contributed by atoms with van der Waals surface area (Å²) in [5.74, 6) is -0.0433. The molecule has 1 aromatic heterocycles. The van der Waals surface area contributed by atoms with E-state index in [1.165, 1.54) is 0 Å². The van der Waals surface area contributed by atoms with E-state index in [0.717, 1.165) is 13.0 Å². The summed E-state index contributed by atoms with van der Waals surface area (Å²) in [6.07, 6.45) is 3.42. The van der Waals surface area contributed by atoms with Gasteiger partial charge in [-0.05, 0) is 18.9 Å². The molecule has 1 fully saturated rings. The Morgan fingerprint density at radius 2 is 2.17 bits per heavy atom. The van der Waals surface area contributed by atoms with Gasteiger partial charge in [0.2, 0.25) is 0 Å². The van der Waals surface area contributed by atoms with Gasteiger partial charge in [-0.1, -0.05) is 13.8 Å². The second-order valence-electron chi connectivity index (χ2n) is 5.09. The number of aromatic nitrogens is 1. The van der Waals surface area contributed by atoms with Crippen molar-refractivity contribution in [1.29, 1.82) is 0 Å². The standard InChI is InChI=1S/C13H21N3O2/c1-3-5-15-7-10(14)6-11(15)12(17)16-8-13(18,4-2)9-16/h6-7,18H,3-5,8-9,14H2,1-2H3. The average molecular weight is 251 g/mol. The second kappa shape index (κ2) is 4.65. The topological polar surface area (TPSA) is 71.5 Å². The third-order valence-electron chi connectivity index (χ3n) is 3.52. The first-order chi connectivity index (χ1) is 8.49. The predicted molar refractivity (Wildman–Crippen MR) is 70.3 cm³/mol. The van der Waals surface area contributed by atoms with Gasteiger partial charge in [-0.25, -0.2) is 0 Å². The van der Waals surface area contributed by atoms with Crippen LogP contribution < -0.4 is 5.73 Å². The van der Waals surface area contributed by atoms with E-state index in [4.69, 9.17) is 5.73 Å². The maximum atomic E-state index is 12.3. The summed E-state index contributed by atoms with van der Waals surface area (Å²) in [4.78, 5) is 13.9. The Balaban J connectivity index is 2.10. The zero-order chi connectivity index (χ0) is 13.3. The third-order valence-corrected chi connectivity index (χ3v) is 3.52. The summed E-state index contributed by atoms with van der Waals surface area (Å²) in [7, 11) is 0. The Morgan fingerprint density at radius 3 is 2.72 bits per heavy atom. The molecular weight excluding hydrogens is 230 g/mol. The maximum absolute atomic E-state index is 12.3. The molecule has 0 aliphatic carbocycles. The van der Waals surface area contributed by atoms with E-state index in [9.17, 15) is 9.90 Å². The molecule has 1 aliphatic heterocycles. The Morgan fingerprint density at radius 1 is 1.50 bits per heavy atom. The van der Waals surface area contributed by atoms with Gasteiger partial charge in [-0.2, -0.15) is 0 Å². The van der Waals surface area contributed by atoms with E-state index in [1.807, 2.05) is 11.5 Å². The number of hydrogen-bond acceptors (Lipinski definition) is 3. The van der Waals surface area contributed by atoms with Crippen LogP contribution in [0, 0.1) is 0 Å². The number of carbonyl (C=O) groups is 1. The van der Waals surface area contributed by atoms with E-state index in [0.29, 0.717) is 30.9 Å². The van der Waals surface area contributed by atoms with Crippen molar-refractivity contribution in [2.24, 2.45) is 0 Å². The largest absolute Gasteiger partial charge is 0.397 e. The third kappa shape index (κ3) is 2.22. The molecule has 0 aromatic carbocycles. The van der Waals surface area contributed by atoms with Crippen molar-refractivity contribution in [3.63, 3.8) is 0 Å². The minimum Gasteiger partial charge on any atom is -0.397 e. The smallest absolute Gasteiger partial charge is 0.270 e. The van der Waals surface area contributed by atoms with E-state index < -0.39 is 5.60 Å². The highest BCUT2D eigenvalue weighted by Gasteiger charge is 2.42. The molecule has 1 saturated heterocycles. The van der Waals surface area contributed by atoms with E-state index in [-0.39, 0.29) is 5.91 Å². The van der Waals surface area contributed by atoms with Crippen LogP contribution in [0.4, 0.5) is 5.69 Å². The van der Waals surface area contributed by atoms with Gasteiger partial charge in [0.25, 0.3) is 5.91 Å². The van der Waals surface area contributed by atoms with Crippen LogP contribution in [0.3, 0.4) is 0 Å². The first kappa shape index (κ1) is 13.0. The summed E-state index contributed by atoms with van der Waals surface area (Å²) in [6, 6.07) is 1.71. The number of nitrogen functional groups attached to an aromatic ring is 1. The molecule has 3 N–H and O–H groups in total. The molecule has 0 saturated carbocycles. The van der Waals surface area contributed by atoms with Gasteiger partial charge >= 0.3 is 0 Å². The van der Waals surface area contributed by atoms with Crippen LogP contribution in [0.2, 0.25) is 0 Å². The minimum absolute atomic E-state index is 0.0433. The van der Waals surface area contributed by atoms with Crippen molar-refractivity contribution in [2.75, 3.05) is 18.8 Å². The summed E-state index contributed by atoms with van der Waals surface area (Å²) in [5, 5.41) is 9.94. The highest BCUT2D eigenvalue weighted by Crippen LogP contribution is 2.26. The molecule has 0 spiro atoms. The lowest BCUT2D eigenvalue weighted by Gasteiger charge is -2.46. The molecule has 100 valence electrons. The van der Waals surface area contributed by atoms with Crippen molar-refractivity contribution in [2.45, 2.75) is 38.8 Å². The molecule has 0 radical (unpaired) electrons. The molecule has 1 aromatic rings. The number of nitrogens with zero attached hydrogens (tertiary/aromatic N) is 2. The molecule has 5 heteroatoms. The van der Waals surface area contributed by atoms with E-state index in [2.05, 4.69) is 6.92 Å². The van der Waals surface area contributed by atoms with Crippen molar-refractivity contribution in [3.8, 4) is 0 Å². The Hall–Kier alpha value is -1.49. The molecule has 0 unspecified atom stereocenters. The number of likely N-dealkylation sites (tertiary alicyclic amines) is 1. The Labute approximate surface area is 107 Å². The average Bonchev–Trinajstić information content (AvgIpc) is 2.66. The van der Waals surface area contributed by atoms with Crippen LogP contribution in [-0.2, 0) is 6.54 Å². The van der Waals surface area contributed by atoms with Crippen LogP contribution in [-0.4, -0.2) is 39.2 Å². The number of amides is 1. The normalized spacial score (nSPS) is 17.6. The molecule has 0 bridgehead atoms. The number of rotatable bonds is 4. The van der Waals surface area contributed by atoms with Gasteiger partial charge in [-0.3, -0.25) is 4.79 Å². The predicted octanol–water partition coefficient (Wildman–Crippen LogP) is 1.08. The monoisotopic (exact) mass is 251 g/mol. The highest BCUT2D eigenvalue weighted by molar-refractivity contribution is 5.94.